The highest BCUT2D eigenvalue weighted by atomic mass is 19.3. The molecule has 0 bridgehead atoms. The van der Waals surface area contributed by atoms with Gasteiger partial charge < -0.3 is 20.9 Å². The first-order chi connectivity index (χ1) is 12.0. The lowest BCUT2D eigenvalue weighted by Gasteiger charge is -2.33. The van der Waals surface area contributed by atoms with Gasteiger partial charge in [0, 0.05) is 37.3 Å². The van der Waals surface area contributed by atoms with Crippen LogP contribution in [0.25, 0.3) is 11.2 Å². The highest BCUT2D eigenvalue weighted by molar-refractivity contribution is 5.82. The quantitative estimate of drug-likeness (QED) is 0.675. The summed E-state index contributed by atoms with van der Waals surface area (Å²) in [6.45, 7) is 0.714. The zero-order valence-corrected chi connectivity index (χ0v) is 13.3. The van der Waals surface area contributed by atoms with Crippen LogP contribution in [0.3, 0.4) is 0 Å². The molecule has 25 heavy (non-hydrogen) atoms. The minimum absolute atomic E-state index is 0.107. The van der Waals surface area contributed by atoms with Crippen LogP contribution in [0.15, 0.2) is 30.6 Å². The van der Waals surface area contributed by atoms with Crippen LogP contribution in [-0.2, 0) is 0 Å². The molecular weight excluding hydrogens is 328 g/mol. The van der Waals surface area contributed by atoms with Gasteiger partial charge in [0.1, 0.15) is 5.52 Å². The lowest BCUT2D eigenvalue weighted by atomic mass is 10.1. The fourth-order valence-electron chi connectivity index (χ4n) is 2.89. The van der Waals surface area contributed by atoms with Crippen LogP contribution in [0, 0.1) is 0 Å². The van der Waals surface area contributed by atoms with Gasteiger partial charge in [0.25, 0.3) is 5.92 Å². The van der Waals surface area contributed by atoms with Gasteiger partial charge in [0.05, 0.1) is 6.33 Å². The van der Waals surface area contributed by atoms with Crippen LogP contribution < -0.4 is 16.0 Å². The molecule has 2 aromatic heterocycles. The number of hydrogen-bond donors (Lipinski definition) is 3. The lowest BCUT2D eigenvalue weighted by Crippen LogP contribution is -2.39. The average Bonchev–Trinajstić information content (AvgIpc) is 3.05. The van der Waals surface area contributed by atoms with Crippen molar-refractivity contribution >= 4 is 34.3 Å². The minimum Gasteiger partial charge on any atom is -0.382 e. The molecule has 0 amide bonds. The topological polar surface area (TPSA) is 95.7 Å². The van der Waals surface area contributed by atoms with E-state index in [1.165, 1.54) is 6.33 Å². The van der Waals surface area contributed by atoms with Gasteiger partial charge in [-0.05, 0) is 24.3 Å². The molecule has 1 aliphatic rings. The Kier molecular flexibility index (Phi) is 3.63. The molecule has 4 rings (SSSR count). The number of H-pyrrole nitrogens is 1. The molecule has 7 nitrogen and oxygen atoms in total. The molecule has 0 unspecified atom stereocenters. The molecular formula is C16H17F2N7. The molecule has 9 heteroatoms. The number of piperidine rings is 1. The fourth-order valence-corrected chi connectivity index (χ4v) is 2.89. The van der Waals surface area contributed by atoms with Crippen molar-refractivity contribution in [1.29, 1.82) is 0 Å². The number of nitrogen functional groups attached to an aromatic ring is 1. The van der Waals surface area contributed by atoms with Crippen molar-refractivity contribution in [3.8, 4) is 0 Å². The van der Waals surface area contributed by atoms with E-state index >= 15 is 0 Å². The Morgan fingerprint density at radius 1 is 1.12 bits per heavy atom. The van der Waals surface area contributed by atoms with E-state index in [0.717, 1.165) is 11.4 Å². The van der Waals surface area contributed by atoms with Crippen LogP contribution in [0.4, 0.5) is 31.9 Å². The Morgan fingerprint density at radius 3 is 2.56 bits per heavy atom. The summed E-state index contributed by atoms with van der Waals surface area (Å²) in [6.07, 6.45) is 1.30. The maximum absolute atomic E-state index is 13.3. The second-order valence-corrected chi connectivity index (χ2v) is 6.05. The van der Waals surface area contributed by atoms with E-state index in [1.54, 1.807) is 0 Å². The standard InChI is InChI=1S/C16H17F2N7/c17-16(18)5-7-25(8-6-16)11-3-1-10(2-4-11)22-15-23-13(19)12-14(24-15)21-9-20-12/h1-4,9H,5-8H2,(H4,19,20,21,22,23,24). The van der Waals surface area contributed by atoms with Crippen LogP contribution in [0.1, 0.15) is 12.8 Å². The van der Waals surface area contributed by atoms with E-state index in [2.05, 4.69) is 25.3 Å². The van der Waals surface area contributed by atoms with Crippen LogP contribution in [0.5, 0.6) is 0 Å². The number of halogens is 2. The van der Waals surface area contributed by atoms with E-state index in [4.69, 9.17) is 5.73 Å². The largest absolute Gasteiger partial charge is 0.382 e. The van der Waals surface area contributed by atoms with Gasteiger partial charge in [-0.3, -0.25) is 0 Å². The highest BCUT2D eigenvalue weighted by Crippen LogP contribution is 2.31. The van der Waals surface area contributed by atoms with E-state index < -0.39 is 5.92 Å². The molecule has 1 aliphatic heterocycles. The second kappa shape index (κ2) is 5.83. The van der Waals surface area contributed by atoms with Crippen LogP contribution >= 0.6 is 0 Å². The third-order valence-electron chi connectivity index (χ3n) is 4.29. The SMILES string of the molecule is Nc1nc(Nc2ccc(N3CCC(F)(F)CC3)cc2)nc2[nH]cnc12. The minimum atomic E-state index is -2.54. The molecule has 130 valence electrons. The third-order valence-corrected chi connectivity index (χ3v) is 4.29. The van der Waals surface area contributed by atoms with Gasteiger partial charge in [0.2, 0.25) is 5.95 Å². The molecule has 4 N–H and O–H groups in total. The molecule has 1 aromatic carbocycles. The van der Waals surface area contributed by atoms with Gasteiger partial charge in [-0.15, -0.1) is 0 Å². The van der Waals surface area contributed by atoms with Crippen LogP contribution in [0.2, 0.25) is 0 Å². The van der Waals surface area contributed by atoms with E-state index in [0.29, 0.717) is 36.0 Å². The normalized spacial score (nSPS) is 17.0. The summed E-state index contributed by atoms with van der Waals surface area (Å²) in [5, 5.41) is 3.08. The Balaban J connectivity index is 1.48. The van der Waals surface area contributed by atoms with Gasteiger partial charge >= 0.3 is 0 Å². The molecule has 0 saturated carbocycles. The fraction of sp³-hybridized carbons (Fsp3) is 0.312. The Hall–Kier alpha value is -2.97. The number of benzene rings is 1. The summed E-state index contributed by atoms with van der Waals surface area (Å²) < 4.78 is 26.5. The molecule has 0 atom stereocenters. The first kappa shape index (κ1) is 15.6. The number of rotatable bonds is 3. The maximum atomic E-state index is 13.3. The van der Waals surface area contributed by atoms with Crippen molar-refractivity contribution in [2.75, 3.05) is 29.0 Å². The zero-order chi connectivity index (χ0) is 17.4. The average molecular weight is 345 g/mol. The first-order valence-corrected chi connectivity index (χ1v) is 7.97. The lowest BCUT2D eigenvalue weighted by molar-refractivity contribution is -0.0220. The number of nitrogens with two attached hydrogens (primary N) is 1. The smallest absolute Gasteiger partial charge is 0.251 e. The number of nitrogens with one attached hydrogen (secondary N) is 2. The van der Waals surface area contributed by atoms with Crippen molar-refractivity contribution < 1.29 is 8.78 Å². The number of aromatic nitrogens is 4. The summed E-state index contributed by atoms with van der Waals surface area (Å²) >= 11 is 0. The maximum Gasteiger partial charge on any atom is 0.251 e. The van der Waals surface area contributed by atoms with E-state index in [1.807, 2.05) is 29.2 Å². The summed E-state index contributed by atoms with van der Waals surface area (Å²) in [7, 11) is 0. The predicted molar refractivity (Wildman–Crippen MR) is 92.2 cm³/mol. The van der Waals surface area contributed by atoms with Crippen molar-refractivity contribution in [2.24, 2.45) is 0 Å². The number of nitrogens with zero attached hydrogens (tertiary/aromatic N) is 4. The number of anilines is 4. The number of alkyl halides is 2. The number of aromatic amines is 1. The summed E-state index contributed by atoms with van der Waals surface area (Å²) in [6, 6.07) is 7.51. The molecule has 0 spiro atoms. The zero-order valence-electron chi connectivity index (χ0n) is 13.3. The molecule has 0 aliphatic carbocycles. The van der Waals surface area contributed by atoms with Crippen molar-refractivity contribution in [2.45, 2.75) is 18.8 Å². The predicted octanol–water partition coefficient (Wildman–Crippen LogP) is 2.91. The molecule has 3 aromatic rings. The van der Waals surface area contributed by atoms with E-state index in [9.17, 15) is 8.78 Å². The summed E-state index contributed by atoms with van der Waals surface area (Å²) in [4.78, 5) is 17.4. The molecule has 3 heterocycles. The number of fused-ring (bicyclic) bond motifs is 1. The third kappa shape index (κ3) is 3.17. The monoisotopic (exact) mass is 345 g/mol. The summed E-state index contributed by atoms with van der Waals surface area (Å²) in [5.74, 6) is -1.89. The van der Waals surface area contributed by atoms with Gasteiger partial charge in [-0.2, -0.15) is 9.97 Å². The second-order valence-electron chi connectivity index (χ2n) is 6.05. The number of hydrogen-bond acceptors (Lipinski definition) is 6. The summed E-state index contributed by atoms with van der Waals surface area (Å²) in [5.41, 5.74) is 8.65. The van der Waals surface area contributed by atoms with Gasteiger partial charge in [-0.25, -0.2) is 13.8 Å². The molecule has 1 fully saturated rings. The van der Waals surface area contributed by atoms with Crippen molar-refractivity contribution in [3.05, 3.63) is 30.6 Å². The van der Waals surface area contributed by atoms with Crippen molar-refractivity contribution in [1.82, 2.24) is 19.9 Å². The molecule has 0 radical (unpaired) electrons. The Morgan fingerprint density at radius 2 is 1.84 bits per heavy atom. The van der Waals surface area contributed by atoms with E-state index in [-0.39, 0.29) is 12.8 Å². The highest BCUT2D eigenvalue weighted by Gasteiger charge is 2.33. The molecule has 1 saturated heterocycles. The Bertz CT molecular complexity index is 881. The van der Waals surface area contributed by atoms with Crippen LogP contribution in [-0.4, -0.2) is 38.9 Å². The number of imidazole rings is 1. The Labute approximate surface area is 142 Å². The van der Waals surface area contributed by atoms with Gasteiger partial charge in [0.15, 0.2) is 11.5 Å². The van der Waals surface area contributed by atoms with Crippen molar-refractivity contribution in [3.63, 3.8) is 0 Å². The first-order valence-electron chi connectivity index (χ1n) is 7.97. The van der Waals surface area contributed by atoms with Gasteiger partial charge in [-0.1, -0.05) is 0 Å².